The highest BCUT2D eigenvalue weighted by Crippen LogP contribution is 2.10. The number of ether oxygens (including phenoxy) is 4. The maximum absolute atomic E-state index is 5.93. The van der Waals surface area contributed by atoms with Gasteiger partial charge in [-0.2, -0.15) is 0 Å². The zero-order chi connectivity index (χ0) is 16.9. The third kappa shape index (κ3) is 7.77. The quantitative estimate of drug-likeness (QED) is 0.324. The summed E-state index contributed by atoms with van der Waals surface area (Å²) in [7, 11) is 3.16. The van der Waals surface area contributed by atoms with E-state index in [1.165, 1.54) is 0 Å². The van der Waals surface area contributed by atoms with Crippen molar-refractivity contribution in [1.29, 1.82) is 0 Å². The Kier molecular flexibility index (Phi) is 10.6. The van der Waals surface area contributed by atoms with Gasteiger partial charge in [-0.1, -0.05) is 5.21 Å². The Morgan fingerprint density at radius 3 is 2.52 bits per heavy atom. The number of methoxy groups -OCH3 is 2. The van der Waals surface area contributed by atoms with E-state index in [-0.39, 0.29) is 25.8 Å². The molecule has 23 heavy (non-hydrogen) atoms. The minimum Gasteiger partial charge on any atom is -0.359 e. The van der Waals surface area contributed by atoms with Crippen LogP contribution >= 0.6 is 11.6 Å². The van der Waals surface area contributed by atoms with Crippen molar-refractivity contribution in [2.45, 2.75) is 38.5 Å². The van der Waals surface area contributed by atoms with Gasteiger partial charge in [0.05, 0.1) is 30.6 Å². The van der Waals surface area contributed by atoms with E-state index in [4.69, 9.17) is 30.5 Å². The van der Waals surface area contributed by atoms with Gasteiger partial charge < -0.3 is 18.9 Å². The summed E-state index contributed by atoms with van der Waals surface area (Å²) in [5, 5.41) is 8.07. The molecular formula is C15H24ClN3O4. The summed E-state index contributed by atoms with van der Waals surface area (Å²) in [6.45, 7) is 2.74. The van der Waals surface area contributed by atoms with Crippen LogP contribution in [0.2, 0.25) is 0 Å². The maximum atomic E-state index is 5.93. The van der Waals surface area contributed by atoms with Crippen LogP contribution in [0.1, 0.15) is 19.0 Å². The van der Waals surface area contributed by atoms with Gasteiger partial charge in [0.15, 0.2) is 0 Å². The third-order valence-corrected chi connectivity index (χ3v) is 3.38. The van der Waals surface area contributed by atoms with Gasteiger partial charge in [-0.05, 0) is 6.92 Å². The average molecular weight is 346 g/mol. The van der Waals surface area contributed by atoms with Crippen molar-refractivity contribution in [1.82, 2.24) is 15.0 Å². The Morgan fingerprint density at radius 2 is 1.91 bits per heavy atom. The van der Waals surface area contributed by atoms with Crippen LogP contribution in [0.15, 0.2) is 6.20 Å². The summed E-state index contributed by atoms with van der Waals surface area (Å²) in [5.74, 6) is 6.24. The van der Waals surface area contributed by atoms with Crippen LogP contribution in [0, 0.1) is 11.8 Å². The van der Waals surface area contributed by atoms with Crippen LogP contribution in [0.25, 0.3) is 0 Å². The van der Waals surface area contributed by atoms with Crippen LogP contribution in [0.4, 0.5) is 0 Å². The molecule has 0 saturated heterocycles. The van der Waals surface area contributed by atoms with Crippen LogP contribution in [-0.4, -0.2) is 60.9 Å². The topological polar surface area (TPSA) is 67.6 Å². The lowest BCUT2D eigenvalue weighted by Crippen LogP contribution is -2.26. The highest BCUT2D eigenvalue weighted by Gasteiger charge is 2.16. The highest BCUT2D eigenvalue weighted by molar-refractivity contribution is 6.18. The van der Waals surface area contributed by atoms with E-state index in [2.05, 4.69) is 22.2 Å². The lowest BCUT2D eigenvalue weighted by atomic mass is 10.2. The van der Waals surface area contributed by atoms with Crippen molar-refractivity contribution in [2.24, 2.45) is 0 Å². The van der Waals surface area contributed by atoms with Gasteiger partial charge in [-0.15, -0.1) is 28.5 Å². The molecule has 0 saturated carbocycles. The molecular weight excluding hydrogens is 322 g/mol. The van der Waals surface area contributed by atoms with E-state index in [1.54, 1.807) is 32.0 Å². The number of hydrogen-bond donors (Lipinski definition) is 0. The van der Waals surface area contributed by atoms with Crippen molar-refractivity contribution >= 4 is 11.6 Å². The van der Waals surface area contributed by atoms with E-state index in [0.717, 1.165) is 5.69 Å². The number of hydrogen-bond acceptors (Lipinski definition) is 6. The largest absolute Gasteiger partial charge is 0.359 e. The molecule has 0 aliphatic heterocycles. The smallest absolute Gasteiger partial charge is 0.146 e. The summed E-state index contributed by atoms with van der Waals surface area (Å²) in [4.78, 5) is 0. The number of nitrogens with zero attached hydrogens (tertiary/aromatic N) is 3. The Labute approximate surface area is 142 Å². The minimum atomic E-state index is -0.164. The standard InChI is InChI=1S/C15H24ClN3O4/c1-4-5-6-14(22-11-20-2)10-19-13(9-17-18-19)7-15(8-16)23-12-21-3/h9,14-15H,6-8,10-12H2,1-3H3/t14-,15-/m0/s1. The molecule has 0 spiro atoms. The molecule has 0 fully saturated rings. The predicted octanol–water partition coefficient (Wildman–Crippen LogP) is 1.45. The average Bonchev–Trinajstić information content (AvgIpc) is 3.00. The lowest BCUT2D eigenvalue weighted by molar-refractivity contribution is -0.0767. The van der Waals surface area contributed by atoms with Gasteiger partial charge in [0.1, 0.15) is 13.6 Å². The van der Waals surface area contributed by atoms with Crippen LogP contribution in [-0.2, 0) is 31.9 Å². The summed E-state index contributed by atoms with van der Waals surface area (Å²) >= 11 is 5.93. The summed E-state index contributed by atoms with van der Waals surface area (Å²) in [6.07, 6.45) is 2.60. The first-order valence-corrected chi connectivity index (χ1v) is 7.82. The second kappa shape index (κ2) is 12.3. The first kappa shape index (κ1) is 19.9. The molecule has 0 N–H and O–H groups in total. The van der Waals surface area contributed by atoms with Crippen molar-refractivity contribution in [3.8, 4) is 11.8 Å². The monoisotopic (exact) mass is 345 g/mol. The first-order valence-electron chi connectivity index (χ1n) is 7.29. The molecule has 1 rings (SSSR count). The SMILES string of the molecule is CC#CC[C@@H](Cn1nncc1C[C@@H](CCl)OCOC)OCOC. The van der Waals surface area contributed by atoms with E-state index in [9.17, 15) is 0 Å². The Bertz CT molecular complexity index is 487. The molecule has 0 aliphatic carbocycles. The van der Waals surface area contributed by atoms with Gasteiger partial charge >= 0.3 is 0 Å². The second-order valence-electron chi connectivity index (χ2n) is 4.79. The minimum absolute atomic E-state index is 0.128. The molecule has 0 radical (unpaired) electrons. The first-order chi connectivity index (χ1) is 11.2. The molecule has 0 amide bonds. The molecule has 0 bridgehead atoms. The fraction of sp³-hybridized carbons (Fsp3) is 0.733. The van der Waals surface area contributed by atoms with Gasteiger partial charge in [0.25, 0.3) is 0 Å². The molecule has 0 aliphatic rings. The van der Waals surface area contributed by atoms with Crippen LogP contribution in [0.3, 0.4) is 0 Å². The molecule has 2 atom stereocenters. The van der Waals surface area contributed by atoms with E-state index in [0.29, 0.717) is 25.3 Å². The number of rotatable bonds is 12. The third-order valence-electron chi connectivity index (χ3n) is 3.03. The molecule has 130 valence electrons. The normalized spacial score (nSPS) is 13.4. The number of halogens is 1. The number of aromatic nitrogens is 3. The molecule has 1 heterocycles. The summed E-state index contributed by atoms with van der Waals surface area (Å²) < 4.78 is 22.8. The van der Waals surface area contributed by atoms with Crippen molar-refractivity contribution in [2.75, 3.05) is 33.7 Å². The van der Waals surface area contributed by atoms with E-state index < -0.39 is 0 Å². The molecule has 1 aromatic heterocycles. The second-order valence-corrected chi connectivity index (χ2v) is 5.10. The summed E-state index contributed by atoms with van der Waals surface area (Å²) in [5.41, 5.74) is 0.919. The Hall–Kier alpha value is -1.17. The van der Waals surface area contributed by atoms with Gasteiger partial charge in [0.2, 0.25) is 0 Å². The van der Waals surface area contributed by atoms with Crippen molar-refractivity contribution < 1.29 is 18.9 Å². The fourth-order valence-corrected chi connectivity index (χ4v) is 2.09. The number of alkyl halides is 1. The highest BCUT2D eigenvalue weighted by atomic mass is 35.5. The maximum Gasteiger partial charge on any atom is 0.146 e. The molecule has 0 unspecified atom stereocenters. The lowest BCUT2D eigenvalue weighted by Gasteiger charge is -2.18. The molecule has 7 nitrogen and oxygen atoms in total. The van der Waals surface area contributed by atoms with Gasteiger partial charge in [-0.25, -0.2) is 4.68 Å². The molecule has 1 aromatic rings. The zero-order valence-corrected chi connectivity index (χ0v) is 14.6. The van der Waals surface area contributed by atoms with Gasteiger partial charge in [-0.3, -0.25) is 0 Å². The summed E-state index contributed by atoms with van der Waals surface area (Å²) in [6, 6.07) is 0. The zero-order valence-electron chi connectivity index (χ0n) is 13.8. The predicted molar refractivity (Wildman–Crippen MR) is 86.0 cm³/mol. The fourth-order valence-electron chi connectivity index (χ4n) is 1.90. The Morgan fingerprint density at radius 1 is 1.22 bits per heavy atom. The van der Waals surface area contributed by atoms with Gasteiger partial charge in [0, 0.05) is 32.9 Å². The molecule has 0 aromatic carbocycles. The van der Waals surface area contributed by atoms with Crippen LogP contribution < -0.4 is 0 Å². The molecule has 8 heteroatoms. The van der Waals surface area contributed by atoms with E-state index in [1.807, 2.05) is 0 Å². The van der Waals surface area contributed by atoms with Crippen molar-refractivity contribution in [3.63, 3.8) is 0 Å². The Balaban J connectivity index is 2.67. The van der Waals surface area contributed by atoms with Crippen molar-refractivity contribution in [3.05, 3.63) is 11.9 Å². The van der Waals surface area contributed by atoms with E-state index >= 15 is 0 Å². The van der Waals surface area contributed by atoms with Crippen LogP contribution in [0.5, 0.6) is 0 Å².